The van der Waals surface area contributed by atoms with Gasteiger partial charge in [0.25, 0.3) is 5.69 Å². The number of anilines is 1. The van der Waals surface area contributed by atoms with Crippen molar-refractivity contribution in [3.63, 3.8) is 0 Å². The Morgan fingerprint density at radius 3 is 2.22 bits per heavy atom. The molecule has 2 rings (SSSR count). The minimum Gasteiger partial charge on any atom is -0.456 e. The molecule has 148 valence electrons. The zero-order valence-corrected chi connectivity index (χ0v) is 18.9. The zero-order chi connectivity index (χ0) is 20.8. The summed E-state index contributed by atoms with van der Waals surface area (Å²) in [5, 5.41) is 14.3. The van der Waals surface area contributed by atoms with E-state index in [0.29, 0.717) is 17.2 Å². The Hall–Kier alpha value is -1.45. The highest BCUT2D eigenvalue weighted by atomic mass is 79.9. The van der Waals surface area contributed by atoms with Crippen molar-refractivity contribution in [2.45, 2.75) is 26.3 Å². The molecule has 8 nitrogen and oxygen atoms in total. The molecule has 0 unspecified atom stereocenters. The summed E-state index contributed by atoms with van der Waals surface area (Å²) in [7, 11) is -3.13. The van der Waals surface area contributed by atoms with Gasteiger partial charge in [0.1, 0.15) is 17.2 Å². The van der Waals surface area contributed by atoms with Gasteiger partial charge in [-0.1, -0.05) is 15.9 Å². The van der Waals surface area contributed by atoms with E-state index in [4.69, 9.17) is 19.1 Å². The van der Waals surface area contributed by atoms with Gasteiger partial charge in [0, 0.05) is 22.1 Å². The van der Waals surface area contributed by atoms with Crippen molar-refractivity contribution in [2.75, 3.05) is 5.32 Å². The van der Waals surface area contributed by atoms with Crippen LogP contribution in [0.4, 0.5) is 11.4 Å². The van der Waals surface area contributed by atoms with Crippen LogP contribution in [0.15, 0.2) is 45.3 Å². The zero-order valence-electron chi connectivity index (χ0n) is 14.7. The molecule has 0 saturated carbocycles. The average Bonchev–Trinajstić information content (AvgIpc) is 2.48. The molecule has 0 aliphatic carbocycles. The molecule has 0 amide bonds. The van der Waals surface area contributed by atoms with Crippen molar-refractivity contribution in [1.29, 1.82) is 0 Å². The Morgan fingerprint density at radius 2 is 1.74 bits per heavy atom. The second-order valence-electron chi connectivity index (χ2n) is 6.27. The van der Waals surface area contributed by atoms with E-state index in [2.05, 4.69) is 37.2 Å². The van der Waals surface area contributed by atoms with Crippen LogP contribution in [-0.4, -0.2) is 20.2 Å². The molecule has 0 aliphatic heterocycles. The van der Waals surface area contributed by atoms with Gasteiger partial charge in [-0.2, -0.15) is 0 Å². The number of nitrogens with zero attached hydrogens (tertiary/aromatic N) is 1. The van der Waals surface area contributed by atoms with E-state index in [9.17, 15) is 10.1 Å². The number of hydrogen-bond donors (Lipinski definition) is 3. The lowest BCUT2D eigenvalue weighted by Gasteiger charge is -2.22. The first-order chi connectivity index (χ1) is 12.4. The number of rotatable bonds is 4. The van der Waals surface area contributed by atoms with Gasteiger partial charge >= 0.3 is 8.25 Å². The Bertz CT molecular complexity index is 838. The summed E-state index contributed by atoms with van der Waals surface area (Å²) in [6.07, 6.45) is 0. The van der Waals surface area contributed by atoms with Gasteiger partial charge in [0.15, 0.2) is 0 Å². The molecule has 0 bridgehead atoms. The first kappa shape index (κ1) is 23.6. The topological polar surface area (TPSA) is 122 Å². The summed E-state index contributed by atoms with van der Waals surface area (Å²) in [5.41, 5.74) is 0.136. The number of nitro benzene ring substituents is 1. The van der Waals surface area contributed by atoms with Crippen molar-refractivity contribution in [1.82, 2.24) is 0 Å². The molecular weight excluding hydrogens is 507 g/mol. The summed E-state index contributed by atoms with van der Waals surface area (Å²) in [4.78, 5) is 25.1. The van der Waals surface area contributed by atoms with Gasteiger partial charge in [-0.3, -0.25) is 14.7 Å². The maximum atomic E-state index is 11.2. The molecule has 0 saturated heterocycles. The minimum atomic E-state index is -3.13. The van der Waals surface area contributed by atoms with Crippen LogP contribution in [-0.2, 0) is 4.57 Å². The summed E-state index contributed by atoms with van der Waals surface area (Å²) in [6, 6.07) is 10.2. The fourth-order valence-corrected chi connectivity index (χ4v) is 3.05. The highest BCUT2D eigenvalue weighted by Crippen LogP contribution is 2.36. The van der Waals surface area contributed by atoms with E-state index in [-0.39, 0.29) is 11.2 Å². The quantitative estimate of drug-likeness (QED) is 0.274. The van der Waals surface area contributed by atoms with Crippen LogP contribution in [0.5, 0.6) is 11.5 Å². The summed E-state index contributed by atoms with van der Waals surface area (Å²) in [5.74, 6) is 1.15. The van der Waals surface area contributed by atoms with Crippen LogP contribution in [0, 0.1) is 10.1 Å². The largest absolute Gasteiger partial charge is 0.456 e. The van der Waals surface area contributed by atoms with Crippen molar-refractivity contribution < 1.29 is 24.0 Å². The number of ether oxygens (including phenoxy) is 1. The molecule has 27 heavy (non-hydrogen) atoms. The van der Waals surface area contributed by atoms with Crippen LogP contribution in [0.1, 0.15) is 20.8 Å². The highest BCUT2D eigenvalue weighted by molar-refractivity contribution is 9.11. The maximum absolute atomic E-state index is 11.2. The molecular formula is C16H19Br2N2O6P. The van der Waals surface area contributed by atoms with Gasteiger partial charge in [0.2, 0.25) is 0 Å². The molecule has 0 aliphatic rings. The molecule has 0 spiro atoms. The third-order valence-electron chi connectivity index (χ3n) is 2.80. The monoisotopic (exact) mass is 524 g/mol. The van der Waals surface area contributed by atoms with Gasteiger partial charge in [-0.15, -0.1) is 0 Å². The molecule has 2 aromatic rings. The second-order valence-corrected chi connectivity index (χ2v) is 8.61. The molecule has 0 fully saturated rings. The third kappa shape index (κ3) is 8.85. The molecule has 2 aromatic carbocycles. The predicted octanol–water partition coefficient (Wildman–Crippen LogP) is 5.48. The molecule has 0 aromatic heterocycles. The Morgan fingerprint density at radius 1 is 1.15 bits per heavy atom. The Kier molecular flexibility index (Phi) is 8.90. The molecule has 0 radical (unpaired) electrons. The lowest BCUT2D eigenvalue weighted by atomic mass is 10.1. The van der Waals surface area contributed by atoms with Crippen molar-refractivity contribution >= 4 is 51.5 Å². The van der Waals surface area contributed by atoms with E-state index in [1.807, 2.05) is 39.0 Å². The number of halogens is 2. The lowest BCUT2D eigenvalue weighted by Crippen LogP contribution is -2.26. The minimum absolute atomic E-state index is 0.0159. The number of hydrogen-bond acceptors (Lipinski definition) is 5. The van der Waals surface area contributed by atoms with E-state index in [0.717, 1.165) is 8.95 Å². The van der Waals surface area contributed by atoms with Crippen molar-refractivity contribution in [2.24, 2.45) is 0 Å². The summed E-state index contributed by atoms with van der Waals surface area (Å²) in [6.45, 7) is 5.82. The van der Waals surface area contributed by atoms with Gasteiger partial charge in [-0.05, 0) is 61.0 Å². The fourth-order valence-electron chi connectivity index (χ4n) is 1.93. The summed E-state index contributed by atoms with van der Waals surface area (Å²) < 4.78 is 16.3. The van der Waals surface area contributed by atoms with Crippen molar-refractivity contribution in [3.05, 3.63) is 55.5 Å². The van der Waals surface area contributed by atoms with Crippen LogP contribution < -0.4 is 10.1 Å². The third-order valence-corrected chi connectivity index (χ3v) is 3.91. The van der Waals surface area contributed by atoms with E-state index in [1.165, 1.54) is 6.07 Å². The predicted molar refractivity (Wildman–Crippen MR) is 112 cm³/mol. The van der Waals surface area contributed by atoms with Crippen molar-refractivity contribution in [3.8, 4) is 11.5 Å². The molecule has 0 heterocycles. The molecule has 0 atom stereocenters. The van der Waals surface area contributed by atoms with Gasteiger partial charge in [-0.25, -0.2) is 0 Å². The van der Waals surface area contributed by atoms with E-state index >= 15 is 0 Å². The fraction of sp³-hybridized carbons (Fsp3) is 0.250. The van der Waals surface area contributed by atoms with E-state index < -0.39 is 13.2 Å². The first-order valence-electron chi connectivity index (χ1n) is 7.50. The van der Waals surface area contributed by atoms with Gasteiger partial charge in [0.05, 0.1) is 9.40 Å². The average molecular weight is 526 g/mol. The van der Waals surface area contributed by atoms with Gasteiger partial charge < -0.3 is 19.8 Å². The SMILES string of the molecule is CC(C)(C)Nc1cc(Oc2ccc(Br)cc2Br)ccc1[N+](=O)[O-].O=[PH](O)O. The smallest absolute Gasteiger partial charge is 0.314 e. The lowest BCUT2D eigenvalue weighted by molar-refractivity contribution is -0.384. The van der Waals surface area contributed by atoms with Crippen LogP contribution in [0.3, 0.4) is 0 Å². The van der Waals surface area contributed by atoms with E-state index in [1.54, 1.807) is 12.1 Å². The number of nitrogens with one attached hydrogen (secondary N) is 1. The molecule has 3 N–H and O–H groups in total. The van der Waals surface area contributed by atoms with Crippen LogP contribution >= 0.6 is 40.1 Å². The summed E-state index contributed by atoms with van der Waals surface area (Å²) >= 11 is 6.81. The Labute approximate surface area is 173 Å². The van der Waals surface area contributed by atoms with Crippen LogP contribution in [0.2, 0.25) is 0 Å². The Balaban J connectivity index is 0.000000828. The normalized spacial score (nSPS) is 10.8. The second kappa shape index (κ2) is 10.2. The maximum Gasteiger partial charge on any atom is 0.314 e. The first-order valence-corrected chi connectivity index (χ1v) is 10.4. The standard InChI is InChI=1S/C16H16Br2N2O3.H3O3P/c1-16(2,3)19-13-9-11(5-6-14(13)20(21)22)23-15-7-4-10(17)8-12(15)18;1-4(2)3/h4-9,19H,1-3H3;4H,(H2,1,2,3). The molecule has 11 heteroatoms. The van der Waals surface area contributed by atoms with Crippen LogP contribution in [0.25, 0.3) is 0 Å². The number of benzene rings is 2. The number of nitro groups is 1. The highest BCUT2D eigenvalue weighted by Gasteiger charge is 2.20.